The van der Waals surface area contributed by atoms with Gasteiger partial charge in [-0.05, 0) is 28.8 Å². The number of rotatable bonds is 8. The summed E-state index contributed by atoms with van der Waals surface area (Å²) in [5.74, 6) is -0.0200. The van der Waals surface area contributed by atoms with Gasteiger partial charge in [0.2, 0.25) is 0 Å². The summed E-state index contributed by atoms with van der Waals surface area (Å²) in [6.07, 6.45) is 3.19. The van der Waals surface area contributed by atoms with E-state index in [0.29, 0.717) is 19.6 Å². The van der Waals surface area contributed by atoms with Crippen molar-refractivity contribution in [2.45, 2.75) is 26.2 Å². The van der Waals surface area contributed by atoms with E-state index in [1.54, 1.807) is 23.1 Å². The molecule has 1 heterocycles. The van der Waals surface area contributed by atoms with Crippen LogP contribution in [0.25, 0.3) is 0 Å². The number of ether oxygens (including phenoxy) is 1. The average Bonchev–Trinajstić information content (AvgIpc) is 3.11. The summed E-state index contributed by atoms with van der Waals surface area (Å²) in [6.45, 7) is -0.963. The quantitative estimate of drug-likeness (QED) is 0.646. The first-order valence-corrected chi connectivity index (χ1v) is 8.32. The van der Waals surface area contributed by atoms with Gasteiger partial charge >= 0.3 is 6.61 Å². The average molecular weight is 379 g/mol. The second kappa shape index (κ2) is 8.73. The van der Waals surface area contributed by atoms with Crippen LogP contribution in [-0.2, 0) is 19.6 Å². The van der Waals surface area contributed by atoms with Gasteiger partial charge in [-0.3, -0.25) is 0 Å². The molecule has 0 aliphatic heterocycles. The lowest BCUT2D eigenvalue weighted by atomic mass is 10.1. The largest absolute Gasteiger partial charge is 0.433 e. The van der Waals surface area contributed by atoms with Crippen molar-refractivity contribution >= 4 is 11.6 Å². The molecule has 0 fully saturated rings. The number of halogens is 3. The number of aromatic nitrogens is 3. The van der Waals surface area contributed by atoms with Gasteiger partial charge in [-0.1, -0.05) is 41.9 Å². The SMILES string of the molecule is FC(F)Oc1ccc(CNCc2ccc(Cn3cncn3)cc2)cc1Cl. The predicted molar refractivity (Wildman–Crippen MR) is 94.2 cm³/mol. The van der Waals surface area contributed by atoms with Crippen molar-refractivity contribution < 1.29 is 13.5 Å². The first kappa shape index (κ1) is 18.3. The molecule has 3 rings (SSSR count). The third kappa shape index (κ3) is 5.24. The zero-order valence-corrected chi connectivity index (χ0v) is 14.5. The Hall–Kier alpha value is -2.51. The van der Waals surface area contributed by atoms with Crippen LogP contribution in [0.5, 0.6) is 5.75 Å². The van der Waals surface area contributed by atoms with E-state index in [1.165, 1.54) is 12.4 Å². The molecule has 8 heteroatoms. The highest BCUT2D eigenvalue weighted by atomic mass is 35.5. The number of hydrogen-bond acceptors (Lipinski definition) is 4. The molecule has 1 aromatic heterocycles. The maximum absolute atomic E-state index is 12.2. The fourth-order valence-corrected chi connectivity index (χ4v) is 2.71. The second-order valence-corrected chi connectivity index (χ2v) is 6.06. The monoisotopic (exact) mass is 378 g/mol. The smallest absolute Gasteiger partial charge is 0.387 e. The summed E-state index contributed by atoms with van der Waals surface area (Å²) in [7, 11) is 0. The first-order valence-electron chi connectivity index (χ1n) is 7.94. The molecular formula is C18H17ClF2N4O. The summed E-state index contributed by atoms with van der Waals surface area (Å²) < 4.78 is 30.5. The van der Waals surface area contributed by atoms with E-state index < -0.39 is 6.61 Å². The van der Waals surface area contributed by atoms with Crippen molar-refractivity contribution in [2.75, 3.05) is 0 Å². The van der Waals surface area contributed by atoms with Crippen molar-refractivity contribution in [3.05, 3.63) is 76.8 Å². The van der Waals surface area contributed by atoms with Crippen LogP contribution in [0.3, 0.4) is 0 Å². The Kier molecular flexibility index (Phi) is 6.14. The van der Waals surface area contributed by atoms with Crippen molar-refractivity contribution in [1.82, 2.24) is 20.1 Å². The van der Waals surface area contributed by atoms with Gasteiger partial charge in [-0.25, -0.2) is 9.67 Å². The predicted octanol–water partition coefficient (Wildman–Crippen LogP) is 3.87. The molecule has 136 valence electrons. The van der Waals surface area contributed by atoms with Gasteiger partial charge in [0.25, 0.3) is 0 Å². The zero-order chi connectivity index (χ0) is 18.4. The molecule has 0 saturated carbocycles. The van der Waals surface area contributed by atoms with E-state index in [-0.39, 0.29) is 10.8 Å². The van der Waals surface area contributed by atoms with E-state index in [0.717, 1.165) is 16.7 Å². The molecule has 0 saturated heterocycles. The maximum Gasteiger partial charge on any atom is 0.387 e. The summed E-state index contributed by atoms with van der Waals surface area (Å²) in [5, 5.41) is 7.54. The van der Waals surface area contributed by atoms with E-state index in [1.807, 2.05) is 24.3 Å². The van der Waals surface area contributed by atoms with Crippen LogP contribution in [0.4, 0.5) is 8.78 Å². The van der Waals surface area contributed by atoms with Crippen LogP contribution in [0.1, 0.15) is 16.7 Å². The Morgan fingerprint density at radius 1 is 1.04 bits per heavy atom. The van der Waals surface area contributed by atoms with Gasteiger partial charge in [0.05, 0.1) is 11.6 Å². The summed E-state index contributed by atoms with van der Waals surface area (Å²) in [6, 6.07) is 13.0. The summed E-state index contributed by atoms with van der Waals surface area (Å²) >= 11 is 5.95. The molecule has 5 nitrogen and oxygen atoms in total. The van der Waals surface area contributed by atoms with Gasteiger partial charge < -0.3 is 10.1 Å². The Balaban J connectivity index is 1.49. The fraction of sp³-hybridized carbons (Fsp3) is 0.222. The van der Waals surface area contributed by atoms with E-state index >= 15 is 0 Å². The molecule has 2 aromatic carbocycles. The van der Waals surface area contributed by atoms with E-state index in [2.05, 4.69) is 20.1 Å². The maximum atomic E-state index is 12.2. The first-order chi connectivity index (χ1) is 12.6. The highest BCUT2D eigenvalue weighted by Gasteiger charge is 2.09. The van der Waals surface area contributed by atoms with E-state index in [4.69, 9.17) is 11.6 Å². The van der Waals surface area contributed by atoms with Gasteiger partial charge in [-0.2, -0.15) is 13.9 Å². The lowest BCUT2D eigenvalue weighted by Crippen LogP contribution is -2.13. The van der Waals surface area contributed by atoms with Gasteiger partial charge in [0.1, 0.15) is 18.4 Å². The second-order valence-electron chi connectivity index (χ2n) is 5.66. The number of alkyl halides is 2. The lowest BCUT2D eigenvalue weighted by molar-refractivity contribution is -0.0497. The zero-order valence-electron chi connectivity index (χ0n) is 13.8. The molecule has 0 radical (unpaired) electrons. The summed E-state index contributed by atoms with van der Waals surface area (Å²) in [5.41, 5.74) is 3.16. The van der Waals surface area contributed by atoms with Gasteiger partial charge in [-0.15, -0.1) is 0 Å². The topological polar surface area (TPSA) is 52.0 Å². The molecule has 0 amide bonds. The van der Waals surface area contributed by atoms with Crippen LogP contribution in [0.15, 0.2) is 55.1 Å². The minimum Gasteiger partial charge on any atom is -0.433 e. The fourth-order valence-electron chi connectivity index (χ4n) is 2.46. The van der Waals surface area contributed by atoms with Crippen LogP contribution in [-0.4, -0.2) is 21.4 Å². The normalized spacial score (nSPS) is 11.1. The van der Waals surface area contributed by atoms with Crippen LogP contribution < -0.4 is 10.1 Å². The Labute approximate surface area is 154 Å². The highest BCUT2D eigenvalue weighted by molar-refractivity contribution is 6.32. The number of hydrogen-bond donors (Lipinski definition) is 1. The van der Waals surface area contributed by atoms with Crippen LogP contribution >= 0.6 is 11.6 Å². The molecule has 0 spiro atoms. The van der Waals surface area contributed by atoms with Crippen molar-refractivity contribution in [1.29, 1.82) is 0 Å². The minimum atomic E-state index is -2.89. The van der Waals surface area contributed by atoms with Crippen molar-refractivity contribution in [3.63, 3.8) is 0 Å². The van der Waals surface area contributed by atoms with Crippen molar-refractivity contribution in [3.8, 4) is 5.75 Å². The Morgan fingerprint density at radius 3 is 2.38 bits per heavy atom. The summed E-state index contributed by atoms with van der Waals surface area (Å²) in [4.78, 5) is 3.92. The number of nitrogens with one attached hydrogen (secondary N) is 1. The van der Waals surface area contributed by atoms with Crippen LogP contribution in [0.2, 0.25) is 5.02 Å². The molecular weight excluding hydrogens is 362 g/mol. The molecule has 0 bridgehead atoms. The standard InChI is InChI=1S/C18H17ClF2N4O/c19-16-7-15(5-6-17(16)26-18(20)21)9-22-8-13-1-3-14(4-2-13)10-25-12-23-11-24-25/h1-7,11-12,18,22H,8-10H2. The molecule has 0 unspecified atom stereocenters. The third-order valence-corrected chi connectivity index (χ3v) is 4.00. The minimum absolute atomic E-state index is 0.0200. The highest BCUT2D eigenvalue weighted by Crippen LogP contribution is 2.26. The molecule has 0 aliphatic rings. The number of benzene rings is 2. The molecule has 3 aromatic rings. The Bertz CT molecular complexity index is 826. The Morgan fingerprint density at radius 2 is 1.73 bits per heavy atom. The van der Waals surface area contributed by atoms with Crippen LogP contribution in [0, 0.1) is 0 Å². The van der Waals surface area contributed by atoms with Crippen molar-refractivity contribution in [2.24, 2.45) is 0 Å². The third-order valence-electron chi connectivity index (χ3n) is 3.70. The molecule has 0 aliphatic carbocycles. The van der Waals surface area contributed by atoms with Gasteiger partial charge in [0.15, 0.2) is 0 Å². The molecule has 0 atom stereocenters. The van der Waals surface area contributed by atoms with Gasteiger partial charge in [0, 0.05) is 13.1 Å². The van der Waals surface area contributed by atoms with E-state index in [9.17, 15) is 8.78 Å². The lowest BCUT2D eigenvalue weighted by Gasteiger charge is -2.10. The molecule has 1 N–H and O–H groups in total. The molecule has 26 heavy (non-hydrogen) atoms. The number of nitrogens with zero attached hydrogens (tertiary/aromatic N) is 3.